The quantitative estimate of drug-likeness (QED) is 0.235. The fourth-order valence-electron chi connectivity index (χ4n) is 2.84. The van der Waals surface area contributed by atoms with Crippen LogP contribution in [0.15, 0.2) is 52.2 Å². The molecule has 1 heterocycles. The highest BCUT2D eigenvalue weighted by atomic mass is 32.2. The molecule has 0 unspecified atom stereocenters. The van der Waals surface area contributed by atoms with Crippen LogP contribution in [-0.4, -0.2) is 45.9 Å². The number of hydrogen-bond acceptors (Lipinski definition) is 9. The van der Waals surface area contributed by atoms with Crippen LogP contribution in [-0.2, 0) is 4.79 Å². The number of anilines is 1. The molecule has 1 amide bonds. The van der Waals surface area contributed by atoms with E-state index < -0.39 is 22.0 Å². The zero-order valence-electron chi connectivity index (χ0n) is 18.1. The van der Waals surface area contributed by atoms with Crippen LogP contribution in [0.1, 0.15) is 11.4 Å². The summed E-state index contributed by atoms with van der Waals surface area (Å²) in [5.74, 6) is -0.695. The second kappa shape index (κ2) is 11.0. The molecule has 34 heavy (non-hydrogen) atoms. The highest BCUT2D eigenvalue weighted by Crippen LogP contribution is 2.29. The number of methoxy groups -OCH3 is 1. The van der Waals surface area contributed by atoms with Gasteiger partial charge in [0.25, 0.3) is 11.8 Å². The molecule has 0 aliphatic heterocycles. The second-order valence-electron chi connectivity index (χ2n) is 6.69. The van der Waals surface area contributed by atoms with Crippen molar-refractivity contribution < 1.29 is 24.3 Å². The van der Waals surface area contributed by atoms with E-state index in [9.17, 15) is 24.8 Å². The molecule has 0 radical (unpaired) electrons. The Labute approximate surface area is 197 Å². The van der Waals surface area contributed by atoms with E-state index in [-0.39, 0.29) is 18.3 Å². The molecule has 0 saturated heterocycles. The van der Waals surface area contributed by atoms with Gasteiger partial charge in [0.1, 0.15) is 5.82 Å². The number of ether oxygens (including phenoxy) is 2. The first-order valence-corrected chi connectivity index (χ1v) is 10.9. The molecule has 3 aromatic rings. The van der Waals surface area contributed by atoms with Gasteiger partial charge in [-0.15, -0.1) is 11.8 Å². The van der Waals surface area contributed by atoms with Gasteiger partial charge in [-0.2, -0.15) is 4.98 Å². The number of amides is 1. The number of aromatic nitrogens is 2. The zero-order chi connectivity index (χ0) is 24.7. The minimum atomic E-state index is -1.07. The van der Waals surface area contributed by atoms with Crippen LogP contribution in [0, 0.1) is 10.1 Å². The lowest BCUT2D eigenvalue weighted by molar-refractivity contribution is -0.387. The Hall–Kier alpha value is -4.32. The van der Waals surface area contributed by atoms with E-state index in [4.69, 9.17) is 9.47 Å². The molecule has 0 atom stereocenters. The largest absolute Gasteiger partial charge is 0.493 e. The van der Waals surface area contributed by atoms with Crippen molar-refractivity contribution in [1.82, 2.24) is 9.97 Å². The van der Waals surface area contributed by atoms with Gasteiger partial charge in [-0.3, -0.25) is 19.7 Å². The maximum absolute atomic E-state index is 12.2. The van der Waals surface area contributed by atoms with Gasteiger partial charge in [0, 0.05) is 10.6 Å². The molecule has 0 aliphatic carbocycles. The van der Waals surface area contributed by atoms with Gasteiger partial charge in [-0.1, -0.05) is 18.2 Å². The average Bonchev–Trinajstić information content (AvgIpc) is 2.81. The van der Waals surface area contributed by atoms with Crippen LogP contribution in [0.3, 0.4) is 0 Å². The van der Waals surface area contributed by atoms with Crippen LogP contribution in [0.4, 0.5) is 11.4 Å². The third-order valence-electron chi connectivity index (χ3n) is 4.41. The molecular weight excluding hydrogens is 464 g/mol. The van der Waals surface area contributed by atoms with Gasteiger partial charge in [0.05, 0.1) is 12.0 Å². The number of nitro groups is 1. The van der Waals surface area contributed by atoms with Gasteiger partial charge < -0.3 is 24.9 Å². The average molecular weight is 484 g/mol. The molecular formula is C22H20N4O7S. The Morgan fingerprint density at radius 2 is 2.06 bits per heavy atom. The van der Waals surface area contributed by atoms with Gasteiger partial charge in [0.15, 0.2) is 18.1 Å². The van der Waals surface area contributed by atoms with E-state index in [1.54, 1.807) is 42.1 Å². The van der Waals surface area contributed by atoms with Crippen molar-refractivity contribution in [3.8, 4) is 17.4 Å². The summed E-state index contributed by atoms with van der Waals surface area (Å²) >= 11 is 1.57. The van der Waals surface area contributed by atoms with Crippen LogP contribution in [0.2, 0.25) is 0 Å². The number of hydrogen-bond donors (Lipinski definition) is 3. The first kappa shape index (κ1) is 24.3. The molecule has 0 fully saturated rings. The molecule has 0 bridgehead atoms. The van der Waals surface area contributed by atoms with Crippen molar-refractivity contribution in [2.45, 2.75) is 4.90 Å². The number of aromatic amines is 1. The predicted molar refractivity (Wildman–Crippen MR) is 127 cm³/mol. The molecule has 0 spiro atoms. The number of H-pyrrole nitrogens is 1. The predicted octanol–water partition coefficient (Wildman–Crippen LogP) is 3.30. The van der Waals surface area contributed by atoms with Crippen molar-refractivity contribution in [2.75, 3.05) is 25.3 Å². The highest BCUT2D eigenvalue weighted by Gasteiger charge is 2.21. The third-order valence-corrected chi connectivity index (χ3v) is 5.14. The minimum absolute atomic E-state index is 0.0744. The number of aromatic hydroxyl groups is 1. The summed E-state index contributed by atoms with van der Waals surface area (Å²) in [7, 11) is 1.44. The van der Waals surface area contributed by atoms with E-state index >= 15 is 0 Å². The molecule has 3 rings (SSSR count). The Morgan fingerprint density at radius 3 is 2.74 bits per heavy atom. The lowest BCUT2D eigenvalue weighted by Crippen LogP contribution is -2.20. The number of carbonyl (C=O) groups excluding carboxylic acids is 1. The summed E-state index contributed by atoms with van der Waals surface area (Å²) in [6.07, 6.45) is 4.85. The van der Waals surface area contributed by atoms with Crippen molar-refractivity contribution in [1.29, 1.82) is 0 Å². The van der Waals surface area contributed by atoms with E-state index in [1.807, 2.05) is 24.5 Å². The number of nitrogens with zero attached hydrogens (tertiary/aromatic N) is 2. The molecule has 11 nitrogen and oxygen atoms in total. The first-order chi connectivity index (χ1) is 16.3. The number of nitrogens with one attached hydrogen (secondary N) is 2. The Morgan fingerprint density at radius 1 is 1.26 bits per heavy atom. The second-order valence-corrected chi connectivity index (χ2v) is 7.57. The molecule has 12 heteroatoms. The van der Waals surface area contributed by atoms with Crippen molar-refractivity contribution in [3.05, 3.63) is 74.3 Å². The van der Waals surface area contributed by atoms with E-state index in [0.717, 1.165) is 4.90 Å². The standard InChI is InChI=1S/C22H20N4O7S/c1-32-17-10-13(7-9-18-24-21(28)20(26(30)31)22(29)25-18)6-8-16(17)33-12-19(27)23-14-4-3-5-15(11-14)34-2/h3-11H,12H2,1-2H3,(H,23,27)(H2,24,25,28,29)/b9-7+. The van der Waals surface area contributed by atoms with Crippen molar-refractivity contribution in [2.24, 2.45) is 0 Å². The molecule has 176 valence electrons. The number of thioether (sulfide) groups is 1. The minimum Gasteiger partial charge on any atom is -0.493 e. The van der Waals surface area contributed by atoms with Gasteiger partial charge in [-0.25, -0.2) is 0 Å². The topological polar surface area (TPSA) is 157 Å². The Balaban J connectivity index is 1.68. The Bertz CT molecular complexity index is 1310. The van der Waals surface area contributed by atoms with Crippen LogP contribution < -0.4 is 20.3 Å². The number of benzene rings is 2. The van der Waals surface area contributed by atoms with Gasteiger partial charge in [0.2, 0.25) is 0 Å². The highest BCUT2D eigenvalue weighted by molar-refractivity contribution is 7.98. The van der Waals surface area contributed by atoms with E-state index in [0.29, 0.717) is 22.7 Å². The summed E-state index contributed by atoms with van der Waals surface area (Å²) in [6.45, 7) is -0.234. The lowest BCUT2D eigenvalue weighted by atomic mass is 10.2. The van der Waals surface area contributed by atoms with Gasteiger partial charge in [-0.05, 0) is 48.2 Å². The molecule has 1 aromatic heterocycles. The summed E-state index contributed by atoms with van der Waals surface area (Å²) in [5.41, 5.74) is -0.821. The van der Waals surface area contributed by atoms with Crippen LogP contribution >= 0.6 is 11.8 Å². The Kier molecular flexibility index (Phi) is 7.88. The van der Waals surface area contributed by atoms with Crippen molar-refractivity contribution in [3.63, 3.8) is 0 Å². The monoisotopic (exact) mass is 484 g/mol. The summed E-state index contributed by atoms with van der Waals surface area (Å²) in [4.78, 5) is 40.5. The maximum atomic E-state index is 12.2. The molecule has 0 saturated carbocycles. The van der Waals surface area contributed by atoms with Crippen LogP contribution in [0.5, 0.6) is 17.4 Å². The zero-order valence-corrected chi connectivity index (χ0v) is 18.9. The smallest absolute Gasteiger partial charge is 0.395 e. The number of rotatable bonds is 9. The molecule has 0 aliphatic rings. The van der Waals surface area contributed by atoms with Crippen LogP contribution in [0.25, 0.3) is 12.2 Å². The summed E-state index contributed by atoms with van der Waals surface area (Å²) in [5, 5.41) is 23.1. The fraction of sp³-hybridized carbons (Fsp3) is 0.136. The molecule has 3 N–H and O–H groups in total. The maximum Gasteiger partial charge on any atom is 0.395 e. The molecule has 2 aromatic carbocycles. The van der Waals surface area contributed by atoms with E-state index in [2.05, 4.69) is 15.3 Å². The first-order valence-electron chi connectivity index (χ1n) is 9.71. The number of carbonyl (C=O) groups is 1. The summed E-state index contributed by atoms with van der Waals surface area (Å²) < 4.78 is 10.9. The lowest BCUT2D eigenvalue weighted by Gasteiger charge is -2.12. The van der Waals surface area contributed by atoms with Gasteiger partial charge >= 0.3 is 11.2 Å². The fourth-order valence-corrected chi connectivity index (χ4v) is 3.30. The van der Waals surface area contributed by atoms with E-state index in [1.165, 1.54) is 13.2 Å². The SMILES string of the molecule is COc1cc(/C=C/c2nc(O)c([N+](=O)[O-])c(=O)[nH]2)ccc1OCC(=O)Nc1cccc(SC)c1. The normalized spacial score (nSPS) is 10.8. The summed E-state index contributed by atoms with van der Waals surface area (Å²) in [6, 6.07) is 12.3. The third kappa shape index (κ3) is 6.13. The van der Waals surface area contributed by atoms with Crippen molar-refractivity contribution >= 4 is 41.2 Å².